The highest BCUT2D eigenvalue weighted by Gasteiger charge is 2.34. The Morgan fingerprint density at radius 3 is 2.50 bits per heavy atom. The van der Waals surface area contributed by atoms with Crippen LogP contribution in [0.5, 0.6) is 5.75 Å². The van der Waals surface area contributed by atoms with Gasteiger partial charge in [0.05, 0.1) is 12.8 Å². The van der Waals surface area contributed by atoms with Gasteiger partial charge in [-0.3, -0.25) is 0 Å². The molecule has 2 aliphatic heterocycles. The molecule has 2 aliphatic rings. The van der Waals surface area contributed by atoms with E-state index in [2.05, 4.69) is 20.8 Å². The standard InChI is InChI=1S/C17H12ClN5O3/c1-25-13-8-6-12(7-9-13)23-14(17(24)26-22-23)16-19-15(20-21-16)10-2-4-11(18)5-3-10/h2-9,22H,1H3/b16-14-. The Bertz CT molecular complexity index is 951. The highest BCUT2D eigenvalue weighted by Crippen LogP contribution is 2.29. The van der Waals surface area contributed by atoms with E-state index in [1.165, 1.54) is 5.01 Å². The van der Waals surface area contributed by atoms with Crippen molar-refractivity contribution in [2.24, 2.45) is 15.2 Å². The summed E-state index contributed by atoms with van der Waals surface area (Å²) in [4.78, 5) is 21.4. The van der Waals surface area contributed by atoms with E-state index in [4.69, 9.17) is 21.2 Å². The SMILES string of the molecule is COc1ccc(N2NOC(=O)/C2=C2/N=NC(c3ccc(Cl)cc3)=N2)cc1. The predicted octanol–water partition coefficient (Wildman–Crippen LogP) is 3.21. The van der Waals surface area contributed by atoms with Crippen LogP contribution in [0.25, 0.3) is 0 Å². The molecule has 2 aromatic carbocycles. The number of halogens is 1. The summed E-state index contributed by atoms with van der Waals surface area (Å²) < 4.78 is 5.14. The minimum Gasteiger partial charge on any atom is -0.497 e. The van der Waals surface area contributed by atoms with Crippen LogP contribution in [-0.2, 0) is 9.63 Å². The van der Waals surface area contributed by atoms with Gasteiger partial charge in [0.1, 0.15) is 5.75 Å². The zero-order chi connectivity index (χ0) is 18.1. The van der Waals surface area contributed by atoms with Crippen molar-refractivity contribution >= 4 is 29.1 Å². The van der Waals surface area contributed by atoms with Crippen LogP contribution in [0.4, 0.5) is 5.69 Å². The molecular weight excluding hydrogens is 358 g/mol. The first kappa shape index (κ1) is 16.2. The maximum Gasteiger partial charge on any atom is 0.380 e. The number of nitrogens with zero attached hydrogens (tertiary/aromatic N) is 4. The van der Waals surface area contributed by atoms with Crippen LogP contribution in [0.3, 0.4) is 0 Å². The molecule has 1 fully saturated rings. The number of benzene rings is 2. The van der Waals surface area contributed by atoms with Crippen molar-refractivity contribution in [3.8, 4) is 5.75 Å². The van der Waals surface area contributed by atoms with Gasteiger partial charge in [0.15, 0.2) is 11.5 Å². The van der Waals surface area contributed by atoms with Crippen molar-refractivity contribution in [2.45, 2.75) is 0 Å². The molecule has 8 nitrogen and oxygen atoms in total. The molecule has 0 spiro atoms. The average Bonchev–Trinajstić information content (AvgIpc) is 3.29. The van der Waals surface area contributed by atoms with E-state index in [9.17, 15) is 4.79 Å². The Labute approximate surface area is 153 Å². The number of methoxy groups -OCH3 is 1. The van der Waals surface area contributed by atoms with E-state index >= 15 is 0 Å². The lowest BCUT2D eigenvalue weighted by molar-refractivity contribution is -0.140. The summed E-state index contributed by atoms with van der Waals surface area (Å²) in [6, 6.07) is 14.1. The van der Waals surface area contributed by atoms with Crippen LogP contribution in [0.2, 0.25) is 5.02 Å². The highest BCUT2D eigenvalue weighted by atomic mass is 35.5. The first-order chi connectivity index (χ1) is 12.7. The van der Waals surface area contributed by atoms with Crippen LogP contribution < -0.4 is 15.3 Å². The summed E-state index contributed by atoms with van der Waals surface area (Å²) in [5, 5.41) is 10.1. The Morgan fingerprint density at radius 2 is 1.81 bits per heavy atom. The van der Waals surface area contributed by atoms with E-state index in [0.29, 0.717) is 22.3 Å². The van der Waals surface area contributed by atoms with E-state index in [-0.39, 0.29) is 11.5 Å². The number of amidine groups is 1. The Balaban J connectivity index is 1.70. The van der Waals surface area contributed by atoms with Crippen molar-refractivity contribution in [1.29, 1.82) is 0 Å². The Morgan fingerprint density at radius 1 is 1.08 bits per heavy atom. The van der Waals surface area contributed by atoms with Gasteiger partial charge in [-0.25, -0.2) is 14.8 Å². The number of ether oxygens (including phenoxy) is 1. The fourth-order valence-electron chi connectivity index (χ4n) is 2.44. The molecule has 0 atom stereocenters. The van der Waals surface area contributed by atoms with Crippen LogP contribution >= 0.6 is 11.6 Å². The number of azo groups is 1. The number of carbonyl (C=O) groups excluding carboxylic acids is 1. The van der Waals surface area contributed by atoms with Crippen LogP contribution in [0, 0.1) is 0 Å². The van der Waals surface area contributed by atoms with E-state index in [1.54, 1.807) is 55.6 Å². The van der Waals surface area contributed by atoms with Crippen LogP contribution in [0.1, 0.15) is 5.56 Å². The number of rotatable bonds is 3. The van der Waals surface area contributed by atoms with Crippen LogP contribution in [-0.4, -0.2) is 18.9 Å². The first-order valence-electron chi connectivity index (χ1n) is 7.57. The quantitative estimate of drug-likeness (QED) is 0.839. The largest absolute Gasteiger partial charge is 0.497 e. The molecule has 0 saturated carbocycles. The fraction of sp³-hybridized carbons (Fsp3) is 0.0588. The van der Waals surface area contributed by atoms with Gasteiger partial charge in [-0.1, -0.05) is 17.2 Å². The summed E-state index contributed by atoms with van der Waals surface area (Å²) >= 11 is 5.89. The van der Waals surface area contributed by atoms with E-state index in [0.717, 1.165) is 5.56 Å². The molecule has 130 valence electrons. The summed E-state index contributed by atoms with van der Waals surface area (Å²) in [5.74, 6) is 0.633. The zero-order valence-electron chi connectivity index (χ0n) is 13.5. The number of carbonyl (C=O) groups is 1. The van der Waals surface area contributed by atoms with Crippen molar-refractivity contribution in [3.63, 3.8) is 0 Å². The molecule has 2 aromatic rings. The summed E-state index contributed by atoms with van der Waals surface area (Å²) in [6.07, 6.45) is 0. The lowest BCUT2D eigenvalue weighted by Gasteiger charge is -2.15. The van der Waals surface area contributed by atoms with Crippen molar-refractivity contribution in [3.05, 3.63) is 70.6 Å². The van der Waals surface area contributed by atoms with Gasteiger partial charge in [0.25, 0.3) is 0 Å². The fourth-order valence-corrected chi connectivity index (χ4v) is 2.56. The number of anilines is 1. The number of aliphatic imine (C=N–C) groups is 1. The zero-order valence-corrected chi connectivity index (χ0v) is 14.3. The molecule has 2 heterocycles. The van der Waals surface area contributed by atoms with E-state index < -0.39 is 5.97 Å². The molecule has 4 rings (SSSR count). The smallest absolute Gasteiger partial charge is 0.380 e. The van der Waals surface area contributed by atoms with Crippen molar-refractivity contribution in [1.82, 2.24) is 5.59 Å². The molecule has 0 bridgehead atoms. The van der Waals surface area contributed by atoms with Crippen LogP contribution in [0.15, 0.2) is 75.3 Å². The molecule has 9 heteroatoms. The number of hydrogen-bond donors (Lipinski definition) is 1. The minimum atomic E-state index is -0.601. The minimum absolute atomic E-state index is 0.142. The molecule has 1 saturated heterocycles. The first-order valence-corrected chi connectivity index (χ1v) is 7.95. The number of nitrogens with one attached hydrogen (secondary N) is 1. The monoisotopic (exact) mass is 369 g/mol. The Kier molecular flexibility index (Phi) is 4.11. The molecular formula is C17H12ClN5O3. The molecule has 0 unspecified atom stereocenters. The third kappa shape index (κ3) is 2.92. The molecule has 1 N–H and O–H groups in total. The van der Waals surface area contributed by atoms with Gasteiger partial charge in [0, 0.05) is 10.6 Å². The lowest BCUT2D eigenvalue weighted by Crippen LogP contribution is -2.29. The summed E-state index contributed by atoms with van der Waals surface area (Å²) in [7, 11) is 1.58. The molecule has 0 aliphatic carbocycles. The van der Waals surface area contributed by atoms with Gasteiger partial charge < -0.3 is 9.57 Å². The molecule has 0 aromatic heterocycles. The van der Waals surface area contributed by atoms with Gasteiger partial charge in [-0.15, -0.1) is 10.2 Å². The second-order valence-electron chi connectivity index (χ2n) is 5.33. The highest BCUT2D eigenvalue weighted by molar-refractivity contribution is 6.30. The second-order valence-corrected chi connectivity index (χ2v) is 5.77. The molecule has 0 amide bonds. The van der Waals surface area contributed by atoms with Gasteiger partial charge >= 0.3 is 5.97 Å². The Hall–Kier alpha value is -3.23. The van der Waals surface area contributed by atoms with Gasteiger partial charge in [-0.2, -0.15) is 0 Å². The van der Waals surface area contributed by atoms with E-state index in [1.807, 2.05) is 0 Å². The molecule has 0 radical (unpaired) electrons. The maximum absolute atomic E-state index is 12.2. The summed E-state index contributed by atoms with van der Waals surface area (Å²) in [5.41, 5.74) is 4.08. The second kappa shape index (κ2) is 6.58. The van der Waals surface area contributed by atoms with Crippen molar-refractivity contribution in [2.75, 3.05) is 12.1 Å². The third-order valence-electron chi connectivity index (χ3n) is 3.74. The van der Waals surface area contributed by atoms with Gasteiger partial charge in [-0.05, 0) is 48.5 Å². The molecule has 26 heavy (non-hydrogen) atoms. The normalized spacial score (nSPS) is 18.9. The van der Waals surface area contributed by atoms with Gasteiger partial charge in [0.2, 0.25) is 5.82 Å². The average molecular weight is 370 g/mol. The van der Waals surface area contributed by atoms with Crippen molar-refractivity contribution < 1.29 is 14.4 Å². The maximum atomic E-state index is 12.2. The third-order valence-corrected chi connectivity index (χ3v) is 3.99. The summed E-state index contributed by atoms with van der Waals surface area (Å²) in [6.45, 7) is 0. The predicted molar refractivity (Wildman–Crippen MR) is 94.6 cm³/mol. The number of hydrazine groups is 1. The number of hydrogen-bond acceptors (Lipinski definition) is 8. The lowest BCUT2D eigenvalue weighted by atomic mass is 10.2. The topological polar surface area (TPSA) is 87.9 Å².